The molecule has 0 spiro atoms. The predicted octanol–water partition coefficient (Wildman–Crippen LogP) is 2.14. The molecule has 1 aliphatic carbocycles. The van der Waals surface area contributed by atoms with E-state index in [1.165, 1.54) is 5.56 Å². The Kier molecular flexibility index (Phi) is 3.61. The van der Waals surface area contributed by atoms with Crippen LogP contribution in [0.25, 0.3) is 0 Å². The van der Waals surface area contributed by atoms with E-state index in [-0.39, 0.29) is 18.2 Å². The highest BCUT2D eigenvalue weighted by Crippen LogP contribution is 2.34. The molecule has 0 bridgehead atoms. The molecule has 0 saturated carbocycles. The zero-order valence-electron chi connectivity index (χ0n) is 11.7. The van der Waals surface area contributed by atoms with Gasteiger partial charge < -0.3 is 9.84 Å². The van der Waals surface area contributed by atoms with E-state index in [4.69, 9.17) is 4.74 Å². The molecule has 104 valence electrons. The first kappa shape index (κ1) is 13.1. The second kappa shape index (κ2) is 5.23. The van der Waals surface area contributed by atoms with Crippen LogP contribution in [0.2, 0.25) is 0 Å². The predicted molar refractivity (Wildman–Crippen MR) is 75.1 cm³/mol. The van der Waals surface area contributed by atoms with Gasteiger partial charge in [0.15, 0.2) is 0 Å². The largest absolute Gasteiger partial charge is 0.387 e. The van der Waals surface area contributed by atoms with Crippen molar-refractivity contribution in [2.45, 2.75) is 50.5 Å². The van der Waals surface area contributed by atoms with Crippen LogP contribution in [-0.2, 0) is 11.2 Å². The van der Waals surface area contributed by atoms with E-state index in [0.717, 1.165) is 31.4 Å². The van der Waals surface area contributed by atoms with Gasteiger partial charge in [0.2, 0.25) is 0 Å². The maximum atomic E-state index is 10.7. The molecule has 1 aliphatic heterocycles. The topological polar surface area (TPSA) is 32.7 Å². The van der Waals surface area contributed by atoms with Crippen LogP contribution in [0.4, 0.5) is 0 Å². The van der Waals surface area contributed by atoms with E-state index in [0.29, 0.717) is 6.04 Å². The maximum absolute atomic E-state index is 10.7. The van der Waals surface area contributed by atoms with Gasteiger partial charge in [-0.25, -0.2) is 0 Å². The summed E-state index contributed by atoms with van der Waals surface area (Å²) in [6.07, 6.45) is 3.06. The van der Waals surface area contributed by atoms with Crippen LogP contribution in [0.3, 0.4) is 0 Å². The molecule has 19 heavy (non-hydrogen) atoms. The number of aliphatic hydroxyl groups is 1. The second-order valence-electron chi connectivity index (χ2n) is 5.85. The molecule has 3 nitrogen and oxygen atoms in total. The van der Waals surface area contributed by atoms with Crippen LogP contribution in [0.1, 0.15) is 37.0 Å². The van der Waals surface area contributed by atoms with E-state index in [2.05, 4.69) is 37.1 Å². The number of hydrogen-bond acceptors (Lipinski definition) is 3. The number of fused-ring (bicyclic) bond motifs is 1. The van der Waals surface area contributed by atoms with Gasteiger partial charge in [0.1, 0.15) is 0 Å². The van der Waals surface area contributed by atoms with Gasteiger partial charge >= 0.3 is 0 Å². The molecule has 2 aliphatic rings. The number of likely N-dealkylation sites (N-methyl/N-ethyl adjacent to an activating group) is 1. The Balaban J connectivity index is 1.80. The van der Waals surface area contributed by atoms with Crippen molar-refractivity contribution < 1.29 is 9.84 Å². The van der Waals surface area contributed by atoms with Crippen LogP contribution in [0, 0.1) is 0 Å². The summed E-state index contributed by atoms with van der Waals surface area (Å²) in [4.78, 5) is 2.35. The lowest BCUT2D eigenvalue weighted by molar-refractivity contribution is 0.00606. The van der Waals surface area contributed by atoms with Gasteiger partial charge in [-0.1, -0.05) is 24.3 Å². The maximum Gasteiger partial charge on any atom is 0.0947 e. The molecule has 1 fully saturated rings. The van der Waals surface area contributed by atoms with Gasteiger partial charge in [-0.3, -0.25) is 4.90 Å². The Hall–Kier alpha value is -0.900. The first-order chi connectivity index (χ1) is 9.18. The lowest BCUT2D eigenvalue weighted by Crippen LogP contribution is -2.47. The van der Waals surface area contributed by atoms with Crippen molar-refractivity contribution in [2.75, 3.05) is 13.7 Å². The number of aryl methyl sites for hydroxylation is 1. The van der Waals surface area contributed by atoms with Crippen LogP contribution in [-0.4, -0.2) is 41.8 Å². The molecule has 1 aromatic carbocycles. The lowest BCUT2D eigenvalue weighted by Gasteiger charge is -2.40. The first-order valence-electron chi connectivity index (χ1n) is 7.28. The summed E-state index contributed by atoms with van der Waals surface area (Å²) in [6, 6.07) is 8.92. The van der Waals surface area contributed by atoms with E-state index < -0.39 is 0 Å². The number of nitrogens with zero attached hydrogens (tertiary/aromatic N) is 1. The summed E-state index contributed by atoms with van der Waals surface area (Å²) < 4.78 is 5.66. The van der Waals surface area contributed by atoms with Crippen molar-refractivity contribution in [1.82, 2.24) is 4.90 Å². The fraction of sp³-hybridized carbons (Fsp3) is 0.625. The minimum Gasteiger partial charge on any atom is -0.387 e. The normalized spacial score (nSPS) is 34.5. The molecular formula is C16H23NO2. The van der Waals surface area contributed by atoms with E-state index in [9.17, 15) is 5.11 Å². The highest BCUT2D eigenvalue weighted by Gasteiger charge is 2.37. The summed E-state index contributed by atoms with van der Waals surface area (Å²) >= 11 is 0. The average Bonchev–Trinajstić information content (AvgIpc) is 2.85. The molecule has 4 atom stereocenters. The molecule has 3 heteroatoms. The number of ether oxygens (including phenoxy) is 1. The van der Waals surface area contributed by atoms with E-state index >= 15 is 0 Å². The molecule has 1 saturated heterocycles. The zero-order chi connectivity index (χ0) is 13.4. The van der Waals surface area contributed by atoms with E-state index in [1.54, 1.807) is 0 Å². The minimum absolute atomic E-state index is 0.212. The summed E-state index contributed by atoms with van der Waals surface area (Å²) in [6.45, 7) is 2.98. The minimum atomic E-state index is -0.372. The highest BCUT2D eigenvalue weighted by atomic mass is 16.5. The third-order valence-electron chi connectivity index (χ3n) is 4.83. The van der Waals surface area contributed by atoms with Crippen molar-refractivity contribution in [3.8, 4) is 0 Å². The summed E-state index contributed by atoms with van der Waals surface area (Å²) in [5.41, 5.74) is 2.41. The first-order valence-corrected chi connectivity index (χ1v) is 7.28. The van der Waals surface area contributed by atoms with Gasteiger partial charge in [-0.15, -0.1) is 0 Å². The van der Waals surface area contributed by atoms with Gasteiger partial charge in [-0.05, 0) is 44.4 Å². The van der Waals surface area contributed by atoms with Crippen molar-refractivity contribution in [2.24, 2.45) is 0 Å². The summed E-state index contributed by atoms with van der Waals surface area (Å²) in [5, 5.41) is 10.7. The molecule has 4 unspecified atom stereocenters. The zero-order valence-corrected chi connectivity index (χ0v) is 11.7. The fourth-order valence-electron chi connectivity index (χ4n) is 3.65. The molecule has 3 rings (SSSR count). The Morgan fingerprint density at radius 1 is 1.21 bits per heavy atom. The number of rotatable bonds is 2. The second-order valence-corrected chi connectivity index (χ2v) is 5.85. The Morgan fingerprint density at radius 3 is 2.74 bits per heavy atom. The van der Waals surface area contributed by atoms with E-state index in [1.807, 2.05) is 6.07 Å². The third-order valence-corrected chi connectivity index (χ3v) is 4.83. The van der Waals surface area contributed by atoms with Gasteiger partial charge in [-0.2, -0.15) is 0 Å². The highest BCUT2D eigenvalue weighted by molar-refractivity contribution is 5.32. The smallest absolute Gasteiger partial charge is 0.0947 e. The molecule has 1 aromatic rings. The molecular weight excluding hydrogens is 238 g/mol. The quantitative estimate of drug-likeness (QED) is 0.885. The Morgan fingerprint density at radius 2 is 2.00 bits per heavy atom. The van der Waals surface area contributed by atoms with Gasteiger partial charge in [0.25, 0.3) is 0 Å². The Labute approximate surface area is 115 Å². The van der Waals surface area contributed by atoms with Gasteiger partial charge in [0.05, 0.1) is 12.2 Å². The number of hydrogen-bond donors (Lipinski definition) is 1. The molecule has 1 heterocycles. The average molecular weight is 261 g/mol. The van der Waals surface area contributed by atoms with Crippen LogP contribution in [0.5, 0.6) is 0 Å². The van der Waals surface area contributed by atoms with Crippen molar-refractivity contribution in [3.05, 3.63) is 35.4 Å². The third kappa shape index (κ3) is 2.31. The van der Waals surface area contributed by atoms with Crippen LogP contribution < -0.4 is 0 Å². The van der Waals surface area contributed by atoms with Gasteiger partial charge in [0, 0.05) is 18.7 Å². The lowest BCUT2D eigenvalue weighted by atomic mass is 9.84. The monoisotopic (exact) mass is 261 g/mol. The number of aliphatic hydroxyl groups excluding tert-OH is 1. The fourth-order valence-corrected chi connectivity index (χ4v) is 3.65. The van der Waals surface area contributed by atoms with Crippen molar-refractivity contribution >= 4 is 0 Å². The summed E-state index contributed by atoms with van der Waals surface area (Å²) in [7, 11) is 2.14. The molecule has 0 amide bonds. The SMILES string of the molecule is CC1OCCC1N(C)C1CCc2ccccc2C1O. The van der Waals surface area contributed by atoms with Crippen LogP contribution in [0.15, 0.2) is 24.3 Å². The molecule has 0 radical (unpaired) electrons. The number of benzene rings is 1. The standard InChI is InChI=1S/C16H23NO2/c1-11-14(9-10-19-11)17(2)15-8-7-12-5-3-4-6-13(12)16(15)18/h3-6,11,14-16,18H,7-10H2,1-2H3. The summed E-state index contributed by atoms with van der Waals surface area (Å²) in [5.74, 6) is 0. The van der Waals surface area contributed by atoms with Crippen molar-refractivity contribution in [3.63, 3.8) is 0 Å². The Bertz CT molecular complexity index is 448. The molecule has 1 N–H and O–H groups in total. The van der Waals surface area contributed by atoms with Crippen LogP contribution >= 0.6 is 0 Å². The molecule has 0 aromatic heterocycles. The van der Waals surface area contributed by atoms with Crippen molar-refractivity contribution in [1.29, 1.82) is 0 Å².